The number of Topliss-reactive ketones (excluding diaryl/α,β-unsaturated/α-hetero) is 1. The zero-order chi connectivity index (χ0) is 23.6. The summed E-state index contributed by atoms with van der Waals surface area (Å²) in [5.41, 5.74) is 3.33. The summed E-state index contributed by atoms with van der Waals surface area (Å²) in [7, 11) is -3.68. The van der Waals surface area contributed by atoms with E-state index in [0.29, 0.717) is 43.5 Å². The molecule has 0 spiro atoms. The Kier molecular flexibility index (Phi) is 6.44. The molecule has 2 heterocycles. The highest BCUT2D eigenvalue weighted by atomic mass is 32.2. The summed E-state index contributed by atoms with van der Waals surface area (Å²) in [6.07, 6.45) is 0. The van der Waals surface area contributed by atoms with Crippen molar-refractivity contribution in [2.45, 2.75) is 25.7 Å². The fraction of sp³-hybridized carbons (Fsp3) is 0.292. The molecule has 0 amide bonds. The van der Waals surface area contributed by atoms with Crippen molar-refractivity contribution in [3.63, 3.8) is 0 Å². The molecule has 0 unspecified atom stereocenters. The first-order valence-corrected chi connectivity index (χ1v) is 12.2. The number of piperazine rings is 1. The van der Waals surface area contributed by atoms with Gasteiger partial charge in [0.15, 0.2) is 5.78 Å². The highest BCUT2D eigenvalue weighted by Crippen LogP contribution is 2.23. The minimum atomic E-state index is -3.68. The lowest BCUT2D eigenvalue weighted by Crippen LogP contribution is -2.49. The maximum atomic E-state index is 13.1. The molecule has 4 rings (SSSR count). The number of ketones is 1. The summed E-state index contributed by atoms with van der Waals surface area (Å²) in [6.45, 7) is 6.94. The SMILES string of the molecule is CC(=O)c1cccc(S(=O)(=O)N2CCN(c3nc(C)cc(Nc4ccc(C)cc4)n3)CC2)c1. The Morgan fingerprint density at radius 2 is 1.64 bits per heavy atom. The lowest BCUT2D eigenvalue weighted by atomic mass is 10.2. The van der Waals surface area contributed by atoms with E-state index in [1.807, 2.05) is 49.1 Å². The molecule has 1 saturated heterocycles. The van der Waals surface area contributed by atoms with Gasteiger partial charge in [0, 0.05) is 49.2 Å². The third kappa shape index (κ3) is 5.20. The monoisotopic (exact) mass is 465 g/mol. The molecule has 1 aromatic heterocycles. The highest BCUT2D eigenvalue weighted by Gasteiger charge is 2.29. The third-order valence-electron chi connectivity index (χ3n) is 5.57. The number of anilines is 3. The molecule has 3 aromatic rings. The van der Waals surface area contributed by atoms with Crippen LogP contribution in [0.1, 0.15) is 28.5 Å². The van der Waals surface area contributed by atoms with E-state index in [0.717, 1.165) is 11.4 Å². The molecule has 9 heteroatoms. The Morgan fingerprint density at radius 1 is 0.939 bits per heavy atom. The average Bonchev–Trinajstić information content (AvgIpc) is 2.80. The van der Waals surface area contributed by atoms with Crippen LogP contribution in [-0.2, 0) is 10.0 Å². The van der Waals surface area contributed by atoms with Crippen molar-refractivity contribution in [2.75, 3.05) is 36.4 Å². The number of benzene rings is 2. The minimum Gasteiger partial charge on any atom is -0.340 e. The van der Waals surface area contributed by atoms with Crippen molar-refractivity contribution in [1.82, 2.24) is 14.3 Å². The van der Waals surface area contributed by atoms with Crippen LogP contribution in [0, 0.1) is 13.8 Å². The molecule has 33 heavy (non-hydrogen) atoms. The van der Waals surface area contributed by atoms with E-state index in [2.05, 4.69) is 15.3 Å². The van der Waals surface area contributed by atoms with E-state index < -0.39 is 10.0 Å². The predicted molar refractivity (Wildman–Crippen MR) is 129 cm³/mol. The zero-order valence-electron chi connectivity index (χ0n) is 18.9. The fourth-order valence-electron chi connectivity index (χ4n) is 3.70. The molecule has 0 aliphatic carbocycles. The Labute approximate surface area is 194 Å². The first kappa shape index (κ1) is 22.9. The summed E-state index contributed by atoms with van der Waals surface area (Å²) in [5.74, 6) is 1.10. The number of aryl methyl sites for hydroxylation is 2. The lowest BCUT2D eigenvalue weighted by Gasteiger charge is -2.34. The first-order valence-electron chi connectivity index (χ1n) is 10.8. The maximum absolute atomic E-state index is 13.1. The standard InChI is InChI=1S/C24H27N5O3S/c1-17-7-9-21(10-8-17)26-23-15-18(2)25-24(27-23)28-11-13-29(14-12-28)33(31,32)22-6-4-5-20(16-22)19(3)30/h4-10,15-16H,11-14H2,1-3H3,(H,25,26,27). The molecular formula is C24H27N5O3S. The second-order valence-electron chi connectivity index (χ2n) is 8.16. The van der Waals surface area contributed by atoms with Gasteiger partial charge in [-0.15, -0.1) is 0 Å². The second kappa shape index (κ2) is 9.29. The van der Waals surface area contributed by atoms with Crippen molar-refractivity contribution in [1.29, 1.82) is 0 Å². The fourth-order valence-corrected chi connectivity index (χ4v) is 5.16. The molecular weight excluding hydrogens is 438 g/mol. The molecule has 0 bridgehead atoms. The van der Waals surface area contributed by atoms with Gasteiger partial charge in [-0.1, -0.05) is 29.8 Å². The van der Waals surface area contributed by atoms with Crippen molar-refractivity contribution in [3.05, 3.63) is 71.4 Å². The summed E-state index contributed by atoms with van der Waals surface area (Å²) in [6, 6.07) is 16.1. The first-order chi connectivity index (χ1) is 15.7. The summed E-state index contributed by atoms with van der Waals surface area (Å²) >= 11 is 0. The van der Waals surface area contributed by atoms with Gasteiger partial charge in [0.2, 0.25) is 16.0 Å². The zero-order valence-corrected chi connectivity index (χ0v) is 19.8. The number of carbonyl (C=O) groups excluding carboxylic acids is 1. The number of rotatable bonds is 6. The second-order valence-corrected chi connectivity index (χ2v) is 10.1. The molecule has 8 nitrogen and oxygen atoms in total. The number of hydrogen-bond acceptors (Lipinski definition) is 7. The van der Waals surface area contributed by atoms with Gasteiger partial charge in [-0.3, -0.25) is 4.79 Å². The normalized spacial score (nSPS) is 14.8. The van der Waals surface area contributed by atoms with Crippen LogP contribution in [0.4, 0.5) is 17.5 Å². The molecule has 0 radical (unpaired) electrons. The van der Waals surface area contributed by atoms with Crippen LogP contribution in [0.2, 0.25) is 0 Å². The van der Waals surface area contributed by atoms with Crippen LogP contribution in [0.15, 0.2) is 59.5 Å². The lowest BCUT2D eigenvalue weighted by molar-refractivity contribution is 0.101. The Bertz CT molecular complexity index is 1270. The van der Waals surface area contributed by atoms with Crippen LogP contribution in [0.3, 0.4) is 0 Å². The molecule has 1 fully saturated rings. The van der Waals surface area contributed by atoms with Crippen molar-refractivity contribution in [2.24, 2.45) is 0 Å². The van der Waals surface area contributed by atoms with Gasteiger partial charge in [-0.25, -0.2) is 13.4 Å². The number of nitrogens with one attached hydrogen (secondary N) is 1. The van der Waals surface area contributed by atoms with Gasteiger partial charge in [0.05, 0.1) is 4.90 Å². The number of carbonyl (C=O) groups is 1. The Balaban J connectivity index is 1.47. The van der Waals surface area contributed by atoms with Crippen molar-refractivity contribution >= 4 is 33.3 Å². The average molecular weight is 466 g/mol. The van der Waals surface area contributed by atoms with Gasteiger partial charge in [-0.05, 0) is 45.0 Å². The third-order valence-corrected chi connectivity index (χ3v) is 7.46. The largest absolute Gasteiger partial charge is 0.340 e. The predicted octanol–water partition coefficient (Wildman–Crippen LogP) is 3.55. The van der Waals surface area contributed by atoms with E-state index in [4.69, 9.17) is 0 Å². The van der Waals surface area contributed by atoms with E-state index in [9.17, 15) is 13.2 Å². The Morgan fingerprint density at radius 3 is 2.30 bits per heavy atom. The number of hydrogen-bond donors (Lipinski definition) is 1. The number of aromatic nitrogens is 2. The van der Waals surface area contributed by atoms with E-state index in [1.54, 1.807) is 12.1 Å². The molecule has 1 N–H and O–H groups in total. The quantitative estimate of drug-likeness (QED) is 0.556. The van der Waals surface area contributed by atoms with Gasteiger partial charge in [-0.2, -0.15) is 9.29 Å². The van der Waals surface area contributed by atoms with Gasteiger partial charge >= 0.3 is 0 Å². The van der Waals surface area contributed by atoms with Gasteiger partial charge < -0.3 is 10.2 Å². The van der Waals surface area contributed by atoms with Crippen LogP contribution >= 0.6 is 0 Å². The van der Waals surface area contributed by atoms with Crippen LogP contribution in [-0.4, -0.2) is 54.7 Å². The number of nitrogens with zero attached hydrogens (tertiary/aromatic N) is 4. The molecule has 2 aromatic carbocycles. The van der Waals surface area contributed by atoms with E-state index in [1.165, 1.54) is 28.9 Å². The van der Waals surface area contributed by atoms with Crippen LogP contribution < -0.4 is 10.2 Å². The Hall–Kier alpha value is -3.30. The molecule has 172 valence electrons. The smallest absolute Gasteiger partial charge is 0.243 e. The number of sulfonamides is 1. The summed E-state index contributed by atoms with van der Waals surface area (Å²) in [4.78, 5) is 23.0. The minimum absolute atomic E-state index is 0.139. The summed E-state index contributed by atoms with van der Waals surface area (Å²) in [5, 5.41) is 3.31. The molecule has 0 saturated carbocycles. The molecule has 0 atom stereocenters. The molecule has 1 aliphatic rings. The molecule has 1 aliphatic heterocycles. The topological polar surface area (TPSA) is 95.5 Å². The van der Waals surface area contributed by atoms with Crippen molar-refractivity contribution < 1.29 is 13.2 Å². The van der Waals surface area contributed by atoms with Crippen LogP contribution in [0.5, 0.6) is 0 Å². The summed E-state index contributed by atoms with van der Waals surface area (Å²) < 4.78 is 27.6. The van der Waals surface area contributed by atoms with E-state index in [-0.39, 0.29) is 10.7 Å². The van der Waals surface area contributed by atoms with Gasteiger partial charge in [0.1, 0.15) is 5.82 Å². The van der Waals surface area contributed by atoms with E-state index >= 15 is 0 Å². The van der Waals surface area contributed by atoms with Crippen molar-refractivity contribution in [3.8, 4) is 0 Å². The highest BCUT2D eigenvalue weighted by molar-refractivity contribution is 7.89. The maximum Gasteiger partial charge on any atom is 0.243 e. The van der Waals surface area contributed by atoms with Gasteiger partial charge in [0.25, 0.3) is 0 Å². The van der Waals surface area contributed by atoms with Crippen LogP contribution in [0.25, 0.3) is 0 Å².